The Labute approximate surface area is 130 Å². The van der Waals surface area contributed by atoms with E-state index in [1.54, 1.807) is 6.07 Å². The molecule has 0 aromatic carbocycles. The summed E-state index contributed by atoms with van der Waals surface area (Å²) in [4.78, 5) is 12.5. The van der Waals surface area contributed by atoms with Gasteiger partial charge >= 0.3 is 0 Å². The van der Waals surface area contributed by atoms with Gasteiger partial charge in [0.15, 0.2) is 0 Å². The quantitative estimate of drug-likeness (QED) is 0.742. The molecular formula is C14H19N5O2S. The van der Waals surface area contributed by atoms with Gasteiger partial charge in [-0.1, -0.05) is 6.92 Å². The third-order valence-corrected chi connectivity index (χ3v) is 4.37. The Kier molecular flexibility index (Phi) is 5.40. The summed E-state index contributed by atoms with van der Waals surface area (Å²) in [6.07, 6.45) is 3.67. The van der Waals surface area contributed by atoms with E-state index in [0.717, 1.165) is 12.1 Å². The molecular weight excluding hydrogens is 302 g/mol. The Morgan fingerprint density at radius 2 is 2.05 bits per heavy atom. The lowest BCUT2D eigenvalue weighted by molar-refractivity contribution is 0.582. The van der Waals surface area contributed by atoms with E-state index in [2.05, 4.69) is 25.0 Å². The number of hydrogen-bond donors (Lipinski definition) is 2. The predicted molar refractivity (Wildman–Crippen MR) is 84.1 cm³/mol. The fourth-order valence-corrected chi connectivity index (χ4v) is 2.86. The zero-order valence-electron chi connectivity index (χ0n) is 12.6. The predicted octanol–water partition coefficient (Wildman–Crippen LogP) is 1.13. The van der Waals surface area contributed by atoms with Crippen molar-refractivity contribution >= 4 is 15.8 Å². The average Bonchev–Trinajstić information content (AvgIpc) is 2.52. The topological polar surface area (TPSA) is 96.9 Å². The largest absolute Gasteiger partial charge is 0.369 e. The van der Waals surface area contributed by atoms with Crippen molar-refractivity contribution in [3.63, 3.8) is 0 Å². The van der Waals surface area contributed by atoms with Crippen LogP contribution in [0.4, 0.5) is 5.82 Å². The van der Waals surface area contributed by atoms with Crippen LogP contribution in [0.3, 0.4) is 0 Å². The number of pyridine rings is 1. The summed E-state index contributed by atoms with van der Waals surface area (Å²) >= 11 is 0. The number of rotatable bonds is 7. The normalized spacial score (nSPS) is 11.4. The lowest BCUT2D eigenvalue weighted by atomic mass is 10.3. The van der Waals surface area contributed by atoms with E-state index >= 15 is 0 Å². The smallest absolute Gasteiger partial charge is 0.242 e. The highest BCUT2D eigenvalue weighted by molar-refractivity contribution is 7.89. The number of nitrogens with one attached hydrogen (secondary N) is 2. The first-order valence-electron chi connectivity index (χ1n) is 6.99. The molecule has 8 heteroatoms. The molecule has 0 atom stereocenters. The van der Waals surface area contributed by atoms with Crippen molar-refractivity contribution in [1.29, 1.82) is 0 Å². The van der Waals surface area contributed by atoms with E-state index in [-0.39, 0.29) is 11.4 Å². The molecule has 118 valence electrons. The lowest BCUT2D eigenvalue weighted by Gasteiger charge is -2.09. The van der Waals surface area contributed by atoms with Crippen LogP contribution < -0.4 is 10.0 Å². The Morgan fingerprint density at radius 3 is 2.73 bits per heavy atom. The van der Waals surface area contributed by atoms with E-state index in [0.29, 0.717) is 18.2 Å². The molecule has 2 heterocycles. The molecule has 0 aliphatic heterocycles. The molecule has 0 aliphatic rings. The molecule has 0 aliphatic carbocycles. The summed E-state index contributed by atoms with van der Waals surface area (Å²) < 4.78 is 26.5. The molecule has 0 radical (unpaired) electrons. The van der Waals surface area contributed by atoms with Crippen molar-refractivity contribution in [1.82, 2.24) is 19.7 Å². The average molecular weight is 321 g/mol. The first-order valence-corrected chi connectivity index (χ1v) is 8.47. The first-order chi connectivity index (χ1) is 10.5. The molecule has 22 heavy (non-hydrogen) atoms. The number of aromatic nitrogens is 3. The van der Waals surface area contributed by atoms with Crippen LogP contribution in [0.2, 0.25) is 0 Å². The van der Waals surface area contributed by atoms with E-state index in [1.165, 1.54) is 18.5 Å². The molecule has 0 amide bonds. The number of nitrogens with zero attached hydrogens (tertiary/aromatic N) is 3. The Morgan fingerprint density at radius 1 is 1.23 bits per heavy atom. The minimum Gasteiger partial charge on any atom is -0.369 e. The highest BCUT2D eigenvalue weighted by Gasteiger charge is 2.12. The standard InChI is InChI=1S/C14H19N5O2S/c1-3-12-9-14(19-11(2)18-12)16-7-8-17-22(20,21)13-5-4-6-15-10-13/h4-6,9-10,17H,3,7-8H2,1-2H3,(H,16,18,19). The molecule has 2 rings (SSSR count). The van der Waals surface area contributed by atoms with Gasteiger partial charge < -0.3 is 5.32 Å². The van der Waals surface area contributed by atoms with Crippen molar-refractivity contribution in [3.8, 4) is 0 Å². The van der Waals surface area contributed by atoms with Crippen LogP contribution in [0, 0.1) is 6.92 Å². The van der Waals surface area contributed by atoms with Crippen molar-refractivity contribution in [2.45, 2.75) is 25.2 Å². The van der Waals surface area contributed by atoms with E-state index < -0.39 is 10.0 Å². The molecule has 0 fully saturated rings. The maximum absolute atomic E-state index is 12.0. The number of hydrogen-bond acceptors (Lipinski definition) is 6. The number of anilines is 1. The molecule has 2 aromatic rings. The van der Waals surface area contributed by atoms with Gasteiger partial charge in [-0.3, -0.25) is 4.98 Å². The molecule has 0 unspecified atom stereocenters. The van der Waals surface area contributed by atoms with Gasteiger partial charge in [0.05, 0.1) is 0 Å². The Bertz CT molecular complexity index is 719. The molecule has 7 nitrogen and oxygen atoms in total. The van der Waals surface area contributed by atoms with Crippen LogP contribution in [0.5, 0.6) is 0 Å². The lowest BCUT2D eigenvalue weighted by Crippen LogP contribution is -2.29. The second kappa shape index (κ2) is 7.28. The van der Waals surface area contributed by atoms with E-state index in [1.807, 2.05) is 19.9 Å². The molecule has 0 saturated carbocycles. The van der Waals surface area contributed by atoms with Crippen molar-refractivity contribution in [2.24, 2.45) is 0 Å². The van der Waals surface area contributed by atoms with Crippen LogP contribution in [0.25, 0.3) is 0 Å². The minimum atomic E-state index is -3.52. The van der Waals surface area contributed by atoms with Crippen molar-refractivity contribution < 1.29 is 8.42 Å². The van der Waals surface area contributed by atoms with Gasteiger partial charge in [-0.2, -0.15) is 0 Å². The van der Waals surface area contributed by atoms with Gasteiger partial charge in [0.25, 0.3) is 0 Å². The first kappa shape index (κ1) is 16.3. The highest BCUT2D eigenvalue weighted by atomic mass is 32.2. The van der Waals surface area contributed by atoms with E-state index in [4.69, 9.17) is 0 Å². The summed E-state index contributed by atoms with van der Waals surface area (Å²) in [6, 6.07) is 4.95. The third kappa shape index (κ3) is 4.47. The monoisotopic (exact) mass is 321 g/mol. The van der Waals surface area contributed by atoms with Gasteiger partial charge in [0, 0.05) is 37.2 Å². The zero-order valence-corrected chi connectivity index (χ0v) is 13.4. The molecule has 0 spiro atoms. The van der Waals surface area contributed by atoms with Gasteiger partial charge in [-0.25, -0.2) is 23.1 Å². The van der Waals surface area contributed by atoms with Crippen LogP contribution in [-0.2, 0) is 16.4 Å². The van der Waals surface area contributed by atoms with E-state index in [9.17, 15) is 8.42 Å². The van der Waals surface area contributed by atoms with Gasteiger partial charge in [0.2, 0.25) is 10.0 Å². The van der Waals surface area contributed by atoms with Gasteiger partial charge in [-0.05, 0) is 25.5 Å². The van der Waals surface area contributed by atoms with Crippen molar-refractivity contribution in [2.75, 3.05) is 18.4 Å². The molecule has 2 N–H and O–H groups in total. The van der Waals surface area contributed by atoms with Crippen LogP contribution in [0.1, 0.15) is 18.4 Å². The molecule has 0 bridgehead atoms. The van der Waals surface area contributed by atoms with Crippen molar-refractivity contribution in [3.05, 3.63) is 42.1 Å². The highest BCUT2D eigenvalue weighted by Crippen LogP contribution is 2.07. The minimum absolute atomic E-state index is 0.154. The summed E-state index contributed by atoms with van der Waals surface area (Å²) in [7, 11) is -3.52. The maximum Gasteiger partial charge on any atom is 0.242 e. The Balaban J connectivity index is 1.88. The second-order valence-corrected chi connectivity index (χ2v) is 6.43. The van der Waals surface area contributed by atoms with Crippen LogP contribution in [-0.4, -0.2) is 36.5 Å². The number of sulfonamides is 1. The third-order valence-electron chi connectivity index (χ3n) is 2.92. The summed E-state index contributed by atoms with van der Waals surface area (Å²) in [5, 5.41) is 3.09. The summed E-state index contributed by atoms with van der Waals surface area (Å²) in [5.74, 6) is 1.39. The number of aryl methyl sites for hydroxylation is 2. The fraction of sp³-hybridized carbons (Fsp3) is 0.357. The molecule has 2 aromatic heterocycles. The fourth-order valence-electron chi connectivity index (χ4n) is 1.87. The summed E-state index contributed by atoms with van der Waals surface area (Å²) in [5.41, 5.74) is 0.950. The second-order valence-electron chi connectivity index (χ2n) is 4.66. The van der Waals surface area contributed by atoms with Gasteiger partial charge in [-0.15, -0.1) is 0 Å². The zero-order chi connectivity index (χ0) is 16.0. The summed E-state index contributed by atoms with van der Waals surface area (Å²) in [6.45, 7) is 4.53. The van der Waals surface area contributed by atoms with Crippen LogP contribution in [0.15, 0.2) is 35.5 Å². The maximum atomic E-state index is 12.0. The van der Waals surface area contributed by atoms with Crippen LogP contribution >= 0.6 is 0 Å². The van der Waals surface area contributed by atoms with Gasteiger partial charge in [0.1, 0.15) is 16.5 Å². The molecule has 0 saturated heterocycles. The SMILES string of the molecule is CCc1cc(NCCNS(=O)(=O)c2cccnc2)nc(C)n1. The Hall–Kier alpha value is -2.06.